The van der Waals surface area contributed by atoms with Gasteiger partial charge in [-0.15, -0.1) is 11.8 Å². The Morgan fingerprint density at radius 2 is 1.67 bits per heavy atom. The largest absolute Gasteiger partial charge is 0.491 e. The van der Waals surface area contributed by atoms with E-state index in [1.165, 1.54) is 11.8 Å². The first-order valence-electron chi connectivity index (χ1n) is 7.77. The summed E-state index contributed by atoms with van der Waals surface area (Å²) in [4.78, 5) is 23.9. The third kappa shape index (κ3) is 6.08. The van der Waals surface area contributed by atoms with Crippen LogP contribution >= 0.6 is 11.8 Å². The number of benzene rings is 2. The van der Waals surface area contributed by atoms with E-state index in [0.717, 1.165) is 11.4 Å². The summed E-state index contributed by atoms with van der Waals surface area (Å²) in [5.41, 5.74) is 1.39. The van der Waals surface area contributed by atoms with E-state index in [9.17, 15) is 9.59 Å². The molecule has 1 amide bonds. The van der Waals surface area contributed by atoms with Crippen LogP contribution in [0.5, 0.6) is 5.75 Å². The Balaban J connectivity index is 1.75. The van der Waals surface area contributed by atoms with Crippen LogP contribution in [0.3, 0.4) is 0 Å². The number of carbonyl (C=O) groups is 2. The van der Waals surface area contributed by atoms with E-state index in [4.69, 9.17) is 4.74 Å². The average molecular weight is 343 g/mol. The highest BCUT2D eigenvalue weighted by Gasteiger charge is 2.09. The van der Waals surface area contributed by atoms with Crippen molar-refractivity contribution in [2.45, 2.75) is 20.0 Å². The first-order valence-corrected chi connectivity index (χ1v) is 8.92. The molecule has 1 N–H and O–H groups in total. The van der Waals surface area contributed by atoms with Crippen molar-refractivity contribution < 1.29 is 14.3 Å². The average Bonchev–Trinajstić information content (AvgIpc) is 2.55. The molecule has 0 unspecified atom stereocenters. The van der Waals surface area contributed by atoms with Gasteiger partial charge >= 0.3 is 0 Å². The molecule has 2 rings (SSSR count). The zero-order valence-electron chi connectivity index (χ0n) is 13.8. The second-order valence-electron chi connectivity index (χ2n) is 5.52. The lowest BCUT2D eigenvalue weighted by Gasteiger charge is -2.09. The molecule has 0 aliphatic rings. The van der Waals surface area contributed by atoms with Gasteiger partial charge in [-0.25, -0.2) is 0 Å². The zero-order chi connectivity index (χ0) is 17.4. The minimum absolute atomic E-state index is 0.00334. The monoisotopic (exact) mass is 343 g/mol. The topological polar surface area (TPSA) is 55.4 Å². The number of hydrogen-bond acceptors (Lipinski definition) is 4. The van der Waals surface area contributed by atoms with Crippen LogP contribution in [-0.2, 0) is 4.79 Å². The van der Waals surface area contributed by atoms with Gasteiger partial charge in [0.15, 0.2) is 5.78 Å². The molecule has 2 aromatic rings. The number of ketones is 1. The number of amides is 1. The molecule has 0 atom stereocenters. The number of thioether (sulfide) groups is 1. The van der Waals surface area contributed by atoms with E-state index < -0.39 is 0 Å². The summed E-state index contributed by atoms with van der Waals surface area (Å²) in [6.07, 6.45) is 0.102. The lowest BCUT2D eigenvalue weighted by Crippen LogP contribution is -2.15. The van der Waals surface area contributed by atoms with Crippen LogP contribution < -0.4 is 10.1 Å². The number of anilines is 1. The van der Waals surface area contributed by atoms with Gasteiger partial charge in [-0.2, -0.15) is 0 Å². The lowest BCUT2D eigenvalue weighted by molar-refractivity contribution is -0.113. The molecule has 0 aliphatic heterocycles. The maximum Gasteiger partial charge on any atom is 0.234 e. The molecule has 0 saturated heterocycles. The Hall–Kier alpha value is -2.27. The Morgan fingerprint density at radius 1 is 1.00 bits per heavy atom. The van der Waals surface area contributed by atoms with Crippen molar-refractivity contribution in [3.8, 4) is 5.75 Å². The Kier molecular flexibility index (Phi) is 6.88. The third-order valence-electron chi connectivity index (χ3n) is 3.07. The molecule has 126 valence electrons. The molecule has 0 fully saturated rings. The van der Waals surface area contributed by atoms with E-state index >= 15 is 0 Å². The number of carbonyl (C=O) groups excluding carboxylic acids is 2. The quantitative estimate of drug-likeness (QED) is 0.735. The standard InChI is InChI=1S/C19H21NO3S/c1-14(2)23-17-10-8-15(9-11-17)18(21)12-24-13-19(22)20-16-6-4-3-5-7-16/h3-11,14H,12-13H2,1-2H3,(H,20,22). The van der Waals surface area contributed by atoms with Crippen molar-refractivity contribution in [3.63, 3.8) is 0 Å². The van der Waals surface area contributed by atoms with Crippen molar-refractivity contribution >= 4 is 29.1 Å². The number of hydrogen-bond donors (Lipinski definition) is 1. The van der Waals surface area contributed by atoms with Crippen molar-refractivity contribution in [1.82, 2.24) is 0 Å². The third-order valence-corrected chi connectivity index (χ3v) is 4.00. The number of Topliss-reactive ketones (excluding diaryl/α,β-unsaturated/α-hetero) is 1. The second kappa shape index (κ2) is 9.13. The number of para-hydroxylation sites is 1. The molecule has 2 aromatic carbocycles. The molecular weight excluding hydrogens is 322 g/mol. The first-order chi connectivity index (χ1) is 11.5. The van der Waals surface area contributed by atoms with Gasteiger partial charge in [0, 0.05) is 11.3 Å². The van der Waals surface area contributed by atoms with Crippen LogP contribution in [0.25, 0.3) is 0 Å². The SMILES string of the molecule is CC(C)Oc1ccc(C(=O)CSCC(=O)Nc2ccccc2)cc1. The smallest absolute Gasteiger partial charge is 0.234 e. The van der Waals surface area contributed by atoms with Crippen LogP contribution in [0.15, 0.2) is 54.6 Å². The highest BCUT2D eigenvalue weighted by molar-refractivity contribution is 8.00. The van der Waals surface area contributed by atoms with E-state index in [2.05, 4.69) is 5.32 Å². The predicted octanol–water partition coefficient (Wildman–Crippen LogP) is 4.03. The highest BCUT2D eigenvalue weighted by atomic mass is 32.2. The normalized spacial score (nSPS) is 10.5. The summed E-state index contributed by atoms with van der Waals surface area (Å²) in [5, 5.41) is 2.79. The highest BCUT2D eigenvalue weighted by Crippen LogP contribution is 2.16. The summed E-state index contributed by atoms with van der Waals surface area (Å²) >= 11 is 1.31. The van der Waals surface area contributed by atoms with E-state index in [0.29, 0.717) is 5.56 Å². The van der Waals surface area contributed by atoms with Gasteiger partial charge in [0.1, 0.15) is 5.75 Å². The van der Waals surface area contributed by atoms with Crippen LogP contribution in [-0.4, -0.2) is 29.3 Å². The summed E-state index contributed by atoms with van der Waals surface area (Å²) in [7, 11) is 0. The Morgan fingerprint density at radius 3 is 2.29 bits per heavy atom. The van der Waals surface area contributed by atoms with E-state index in [1.807, 2.05) is 44.2 Å². The summed E-state index contributed by atoms with van der Waals surface area (Å²) in [6, 6.07) is 16.4. The predicted molar refractivity (Wildman–Crippen MR) is 98.9 cm³/mol. The maximum absolute atomic E-state index is 12.1. The van der Waals surface area contributed by atoms with Crippen LogP contribution in [0.2, 0.25) is 0 Å². The van der Waals surface area contributed by atoms with Crippen molar-refractivity contribution in [1.29, 1.82) is 0 Å². The minimum atomic E-state index is -0.111. The number of ether oxygens (including phenoxy) is 1. The first kappa shape index (κ1) is 18.1. The van der Waals surface area contributed by atoms with Crippen LogP contribution in [0, 0.1) is 0 Å². The minimum Gasteiger partial charge on any atom is -0.491 e. The summed E-state index contributed by atoms with van der Waals surface area (Å²) in [6.45, 7) is 3.91. The van der Waals surface area contributed by atoms with Crippen molar-refractivity contribution in [3.05, 3.63) is 60.2 Å². The van der Waals surface area contributed by atoms with Gasteiger partial charge in [0.2, 0.25) is 5.91 Å². The van der Waals surface area contributed by atoms with Crippen molar-refractivity contribution in [2.24, 2.45) is 0 Å². The Bertz CT molecular complexity index is 669. The molecule has 0 bridgehead atoms. The second-order valence-corrected chi connectivity index (χ2v) is 6.51. The van der Waals surface area contributed by atoms with Crippen LogP contribution in [0.1, 0.15) is 24.2 Å². The maximum atomic E-state index is 12.1. The van der Waals surface area contributed by atoms with Crippen LogP contribution in [0.4, 0.5) is 5.69 Å². The van der Waals surface area contributed by atoms with Gasteiger partial charge in [-0.1, -0.05) is 18.2 Å². The Labute approximate surface area is 146 Å². The fourth-order valence-corrected chi connectivity index (χ4v) is 2.74. The number of rotatable bonds is 8. The molecule has 4 nitrogen and oxygen atoms in total. The molecule has 0 spiro atoms. The molecule has 0 aromatic heterocycles. The van der Waals surface area contributed by atoms with Gasteiger partial charge < -0.3 is 10.1 Å². The molecule has 0 heterocycles. The summed E-state index contributed by atoms with van der Waals surface area (Å²) < 4.78 is 5.55. The van der Waals surface area contributed by atoms with E-state index in [1.54, 1.807) is 24.3 Å². The van der Waals surface area contributed by atoms with E-state index in [-0.39, 0.29) is 29.3 Å². The lowest BCUT2D eigenvalue weighted by atomic mass is 10.1. The molecule has 24 heavy (non-hydrogen) atoms. The summed E-state index contributed by atoms with van der Waals surface area (Å²) in [5.74, 6) is 1.15. The van der Waals surface area contributed by atoms with Gasteiger partial charge in [-0.3, -0.25) is 9.59 Å². The molecule has 0 saturated carbocycles. The zero-order valence-corrected chi connectivity index (χ0v) is 14.6. The van der Waals surface area contributed by atoms with Crippen molar-refractivity contribution in [2.75, 3.05) is 16.8 Å². The molecule has 5 heteroatoms. The fourth-order valence-electron chi connectivity index (χ4n) is 2.03. The number of nitrogens with one attached hydrogen (secondary N) is 1. The van der Waals surface area contributed by atoms with Gasteiger partial charge in [-0.05, 0) is 50.2 Å². The van der Waals surface area contributed by atoms with Gasteiger partial charge in [0.05, 0.1) is 17.6 Å². The molecule has 0 radical (unpaired) electrons. The van der Waals surface area contributed by atoms with Gasteiger partial charge in [0.25, 0.3) is 0 Å². The fraction of sp³-hybridized carbons (Fsp3) is 0.263. The molecular formula is C19H21NO3S. The molecule has 0 aliphatic carbocycles.